The molecule has 16 aromatic rings. The third kappa shape index (κ3) is 5.37. The molecule has 6 heterocycles. The molecule has 0 bridgehead atoms. The second-order valence-corrected chi connectivity index (χ2v) is 19.9. The lowest BCUT2D eigenvalue weighted by Gasteiger charge is -2.29. The summed E-state index contributed by atoms with van der Waals surface area (Å²) in [6, 6.07) is 83.8. The first-order valence-electron chi connectivity index (χ1n) is 24.6. The molecular formula is C66H38N6S. The van der Waals surface area contributed by atoms with Gasteiger partial charge in [0.1, 0.15) is 16.5 Å². The van der Waals surface area contributed by atoms with E-state index in [1.807, 2.05) is 6.20 Å². The van der Waals surface area contributed by atoms with E-state index < -0.39 is 0 Å². The fourth-order valence-corrected chi connectivity index (χ4v) is 13.5. The zero-order valence-electron chi connectivity index (χ0n) is 39.0. The van der Waals surface area contributed by atoms with Gasteiger partial charge in [0.05, 0.1) is 66.9 Å². The molecule has 0 aliphatic carbocycles. The summed E-state index contributed by atoms with van der Waals surface area (Å²) in [6.07, 6.45) is 1.90. The highest BCUT2D eigenvalue weighted by Gasteiger charge is 2.35. The van der Waals surface area contributed by atoms with Crippen molar-refractivity contribution in [2.75, 3.05) is 0 Å². The van der Waals surface area contributed by atoms with Crippen LogP contribution in [0.5, 0.6) is 0 Å². The molecule has 0 amide bonds. The fourth-order valence-electron chi connectivity index (χ4n) is 12.5. The van der Waals surface area contributed by atoms with Gasteiger partial charge in [0.2, 0.25) is 0 Å². The van der Waals surface area contributed by atoms with E-state index in [1.54, 1.807) is 11.3 Å². The maximum absolute atomic E-state index is 12.8. The Labute approximate surface area is 421 Å². The van der Waals surface area contributed by atoms with Gasteiger partial charge in [-0.15, -0.1) is 11.3 Å². The van der Waals surface area contributed by atoms with Crippen LogP contribution in [0.1, 0.15) is 5.56 Å². The molecule has 16 rings (SSSR count). The Morgan fingerprint density at radius 1 is 0.329 bits per heavy atom. The normalized spacial score (nSPS) is 12.1. The van der Waals surface area contributed by atoms with Gasteiger partial charge in [-0.1, -0.05) is 158 Å². The number of benzene rings is 10. The summed E-state index contributed by atoms with van der Waals surface area (Å²) < 4.78 is 10.9. The minimum Gasteiger partial charge on any atom is -0.306 e. The zero-order chi connectivity index (χ0) is 47.9. The Bertz CT molecular complexity index is 4600. The summed E-state index contributed by atoms with van der Waals surface area (Å²) in [5, 5.41) is 24.0. The first-order chi connectivity index (χ1) is 36.3. The van der Waals surface area contributed by atoms with Gasteiger partial charge in [-0.05, 0) is 72.3 Å². The van der Waals surface area contributed by atoms with Gasteiger partial charge in [-0.3, -0.25) is 0 Å². The topological polar surface area (TPSA) is 56.4 Å². The van der Waals surface area contributed by atoms with Crippen molar-refractivity contribution in [2.24, 2.45) is 0 Å². The number of thiophene rings is 1. The number of pyridine rings is 1. The molecule has 0 fully saturated rings. The lowest BCUT2D eigenvalue weighted by Crippen LogP contribution is -2.16. The van der Waals surface area contributed by atoms with Gasteiger partial charge in [-0.2, -0.15) is 5.26 Å². The average molecular weight is 947 g/mol. The number of nitriles is 1. The van der Waals surface area contributed by atoms with Crippen LogP contribution in [0.4, 0.5) is 0 Å². The third-order valence-corrected chi connectivity index (χ3v) is 16.3. The molecule has 7 heteroatoms. The Morgan fingerprint density at radius 2 is 0.644 bits per heavy atom. The monoisotopic (exact) mass is 946 g/mol. The number of fused-ring (bicyclic) bond motifs is 15. The van der Waals surface area contributed by atoms with E-state index >= 15 is 0 Å². The van der Waals surface area contributed by atoms with E-state index in [1.165, 1.54) is 0 Å². The lowest BCUT2D eigenvalue weighted by molar-refractivity contribution is 1.04. The molecule has 6 nitrogen and oxygen atoms in total. The number of hydrogen-bond acceptors (Lipinski definition) is 3. The molecule has 73 heavy (non-hydrogen) atoms. The maximum Gasteiger partial charge on any atom is 0.124 e. The predicted octanol–water partition coefficient (Wildman–Crippen LogP) is 17.4. The van der Waals surface area contributed by atoms with Crippen LogP contribution in [0.3, 0.4) is 0 Å². The number of nitrogens with zero attached hydrogens (tertiary/aromatic N) is 6. The smallest absolute Gasteiger partial charge is 0.124 e. The van der Waals surface area contributed by atoms with Crippen molar-refractivity contribution in [3.8, 4) is 39.9 Å². The van der Waals surface area contributed by atoms with Crippen molar-refractivity contribution < 1.29 is 0 Å². The van der Waals surface area contributed by atoms with Gasteiger partial charge >= 0.3 is 0 Å². The van der Waals surface area contributed by atoms with Crippen LogP contribution in [0.25, 0.3) is 141 Å². The summed E-state index contributed by atoms with van der Waals surface area (Å²) in [4.78, 5) is 5.97. The van der Waals surface area contributed by atoms with Crippen LogP contribution >= 0.6 is 11.3 Å². The Hall–Kier alpha value is -9.74. The van der Waals surface area contributed by atoms with Crippen molar-refractivity contribution in [3.63, 3.8) is 0 Å². The molecule has 0 saturated carbocycles. The van der Waals surface area contributed by atoms with Crippen LogP contribution in [0.15, 0.2) is 231 Å². The van der Waals surface area contributed by atoms with Crippen molar-refractivity contribution in [3.05, 3.63) is 236 Å². The first-order valence-corrected chi connectivity index (χ1v) is 25.4. The number of aromatic nitrogens is 5. The van der Waals surface area contributed by atoms with E-state index in [9.17, 15) is 5.26 Å². The summed E-state index contributed by atoms with van der Waals surface area (Å²) >= 11 is 1.72. The van der Waals surface area contributed by atoms with Gasteiger partial charge in [0.15, 0.2) is 0 Å². The van der Waals surface area contributed by atoms with E-state index in [0.717, 1.165) is 141 Å². The number of rotatable bonds is 5. The molecule has 10 aromatic carbocycles. The molecule has 0 spiro atoms. The molecular weight excluding hydrogens is 909 g/mol. The number of para-hydroxylation sites is 8. The van der Waals surface area contributed by atoms with Crippen LogP contribution < -0.4 is 0 Å². The minimum absolute atomic E-state index is 0.541. The van der Waals surface area contributed by atoms with Crippen LogP contribution in [-0.4, -0.2) is 23.3 Å². The molecule has 0 saturated heterocycles. The molecule has 0 aliphatic heterocycles. The van der Waals surface area contributed by atoms with Gasteiger partial charge in [0.25, 0.3) is 0 Å². The molecule has 0 atom stereocenters. The highest BCUT2D eigenvalue weighted by atomic mass is 32.1. The van der Waals surface area contributed by atoms with E-state index in [4.69, 9.17) is 4.98 Å². The van der Waals surface area contributed by atoms with Crippen LogP contribution in [-0.2, 0) is 0 Å². The van der Waals surface area contributed by atoms with Gasteiger partial charge in [0, 0.05) is 70.3 Å². The Morgan fingerprint density at radius 3 is 0.986 bits per heavy atom. The summed E-state index contributed by atoms with van der Waals surface area (Å²) in [7, 11) is 0. The zero-order valence-corrected chi connectivity index (χ0v) is 39.8. The summed E-state index contributed by atoms with van der Waals surface area (Å²) in [5.74, 6) is 0. The lowest BCUT2D eigenvalue weighted by atomic mass is 9.91. The predicted molar refractivity (Wildman–Crippen MR) is 305 cm³/mol. The van der Waals surface area contributed by atoms with E-state index in [0.29, 0.717) is 5.56 Å². The average Bonchev–Trinajstić information content (AvgIpc) is 4.25. The standard InChI is InChI=1S/C66H38N6S/c67-39-50-62(69-51-29-9-1-19-40(51)41-20-2-10-30-52(41)69)64(71-55-33-13-5-23-44(55)45-24-6-14-34-56(45)71)61(48-27-17-37-59-60(48)49-28-18-38-68-66(49)73-59)65(72-57-35-15-7-25-46(57)47-26-8-16-36-58(47)72)63(50)70-53-31-11-3-21-42(53)43-22-4-12-32-54(43)70/h1-38H. The summed E-state index contributed by atoms with van der Waals surface area (Å²) in [6.45, 7) is 0. The Kier molecular flexibility index (Phi) is 8.30. The highest BCUT2D eigenvalue weighted by molar-refractivity contribution is 7.25. The summed E-state index contributed by atoms with van der Waals surface area (Å²) in [5.41, 5.74) is 14.1. The van der Waals surface area contributed by atoms with Gasteiger partial charge < -0.3 is 18.3 Å². The molecule has 0 unspecified atom stereocenters. The molecule has 0 aliphatic rings. The van der Waals surface area contributed by atoms with Crippen LogP contribution in [0.2, 0.25) is 0 Å². The molecule has 6 aromatic heterocycles. The van der Waals surface area contributed by atoms with E-state index in [2.05, 4.69) is 249 Å². The van der Waals surface area contributed by atoms with Crippen molar-refractivity contribution >= 4 is 119 Å². The maximum atomic E-state index is 12.8. The SMILES string of the molecule is N#Cc1c(-n2c3ccccc3c3ccccc32)c(-n2c3ccccc3c3ccccc32)c(-c2cccc3sc4ncccc4c23)c(-n2c3ccccc3c3ccccc32)c1-n1c2ccccc2c2ccccc21. The first kappa shape index (κ1) is 40.0. The highest BCUT2D eigenvalue weighted by Crippen LogP contribution is 2.53. The fraction of sp³-hybridized carbons (Fsp3) is 0. The molecule has 0 radical (unpaired) electrons. The second-order valence-electron chi connectivity index (χ2n) is 18.9. The quantitative estimate of drug-likeness (QED) is 0.173. The van der Waals surface area contributed by atoms with Crippen molar-refractivity contribution in [1.82, 2.24) is 23.3 Å². The number of hydrogen-bond donors (Lipinski definition) is 0. The van der Waals surface area contributed by atoms with Crippen molar-refractivity contribution in [1.29, 1.82) is 5.26 Å². The third-order valence-electron chi connectivity index (χ3n) is 15.3. The van der Waals surface area contributed by atoms with E-state index in [-0.39, 0.29) is 0 Å². The molecule has 338 valence electrons. The largest absolute Gasteiger partial charge is 0.306 e. The van der Waals surface area contributed by atoms with Crippen molar-refractivity contribution in [2.45, 2.75) is 0 Å². The minimum atomic E-state index is 0.541. The second kappa shape index (κ2) is 15.1. The molecule has 0 N–H and O–H groups in total. The van der Waals surface area contributed by atoms with Gasteiger partial charge in [-0.25, -0.2) is 4.98 Å². The Balaban J connectivity index is 1.30. The van der Waals surface area contributed by atoms with Crippen LogP contribution in [0, 0.1) is 11.3 Å².